The van der Waals surface area contributed by atoms with E-state index in [9.17, 15) is 14.0 Å². The van der Waals surface area contributed by atoms with Gasteiger partial charge in [0.15, 0.2) is 5.69 Å². The molecule has 0 saturated carbocycles. The summed E-state index contributed by atoms with van der Waals surface area (Å²) < 4.78 is 18.9. The summed E-state index contributed by atoms with van der Waals surface area (Å²) in [5.74, 6) is -1.30. The second-order valence-electron chi connectivity index (χ2n) is 3.41. The van der Waals surface area contributed by atoms with Gasteiger partial charge < -0.3 is 4.74 Å². The first-order chi connectivity index (χ1) is 8.63. The van der Waals surface area contributed by atoms with Gasteiger partial charge in [0.05, 0.1) is 7.11 Å². The lowest BCUT2D eigenvalue weighted by Gasteiger charge is -2.06. The lowest BCUT2D eigenvalue weighted by molar-refractivity contribution is 0.0591. The van der Waals surface area contributed by atoms with E-state index in [1.807, 2.05) is 0 Å². The van der Waals surface area contributed by atoms with Crippen LogP contribution in [-0.2, 0) is 4.74 Å². The molecular weight excluding hydrogens is 239 g/mol. The SMILES string of the molecule is COC(=O)c1ccc(=O)n(-c2ccccc2F)n1. The number of carbonyl (C=O) groups excluding carboxylic acids is 1. The molecule has 0 amide bonds. The minimum absolute atomic E-state index is 0.0201. The summed E-state index contributed by atoms with van der Waals surface area (Å²) in [6.45, 7) is 0. The molecule has 0 fully saturated rings. The Morgan fingerprint density at radius 2 is 2.00 bits per heavy atom. The third kappa shape index (κ3) is 2.13. The lowest BCUT2D eigenvalue weighted by atomic mass is 10.3. The number of esters is 1. The Bertz CT molecular complexity index is 652. The first-order valence-electron chi connectivity index (χ1n) is 5.07. The molecule has 2 aromatic rings. The largest absolute Gasteiger partial charge is 0.464 e. The Kier molecular flexibility index (Phi) is 3.18. The van der Waals surface area contributed by atoms with Crippen molar-refractivity contribution in [2.24, 2.45) is 0 Å². The number of hydrogen-bond donors (Lipinski definition) is 0. The molecule has 5 nitrogen and oxygen atoms in total. The number of benzene rings is 1. The highest BCUT2D eigenvalue weighted by atomic mass is 19.1. The fourth-order valence-corrected chi connectivity index (χ4v) is 1.42. The van der Waals surface area contributed by atoms with Crippen LogP contribution in [0.1, 0.15) is 10.5 Å². The maximum atomic E-state index is 13.6. The zero-order valence-electron chi connectivity index (χ0n) is 9.46. The zero-order valence-corrected chi connectivity index (χ0v) is 9.46. The van der Waals surface area contributed by atoms with E-state index in [0.717, 1.165) is 10.7 Å². The number of hydrogen-bond acceptors (Lipinski definition) is 4. The fraction of sp³-hybridized carbons (Fsp3) is 0.0833. The van der Waals surface area contributed by atoms with E-state index < -0.39 is 17.3 Å². The van der Waals surface area contributed by atoms with Crippen LogP contribution in [0, 0.1) is 5.82 Å². The highest BCUT2D eigenvalue weighted by molar-refractivity contribution is 5.86. The molecule has 0 aliphatic carbocycles. The van der Waals surface area contributed by atoms with Gasteiger partial charge in [0.1, 0.15) is 11.5 Å². The van der Waals surface area contributed by atoms with Gasteiger partial charge in [-0.3, -0.25) is 4.79 Å². The molecule has 0 radical (unpaired) electrons. The van der Waals surface area contributed by atoms with E-state index in [1.165, 1.54) is 31.4 Å². The highest BCUT2D eigenvalue weighted by Crippen LogP contribution is 2.09. The molecule has 92 valence electrons. The van der Waals surface area contributed by atoms with Crippen molar-refractivity contribution in [2.45, 2.75) is 0 Å². The molecular formula is C12H9FN2O3. The number of halogens is 1. The highest BCUT2D eigenvalue weighted by Gasteiger charge is 2.12. The van der Waals surface area contributed by atoms with Crippen LogP contribution >= 0.6 is 0 Å². The molecule has 6 heteroatoms. The summed E-state index contributed by atoms with van der Waals surface area (Å²) >= 11 is 0. The van der Waals surface area contributed by atoms with Gasteiger partial charge in [-0.2, -0.15) is 9.78 Å². The molecule has 0 spiro atoms. The Balaban J connectivity index is 2.61. The molecule has 0 aliphatic heterocycles. The van der Waals surface area contributed by atoms with Gasteiger partial charge in [-0.25, -0.2) is 9.18 Å². The third-order valence-corrected chi connectivity index (χ3v) is 2.28. The van der Waals surface area contributed by atoms with Crippen molar-refractivity contribution < 1.29 is 13.9 Å². The van der Waals surface area contributed by atoms with Crippen molar-refractivity contribution in [1.29, 1.82) is 0 Å². The van der Waals surface area contributed by atoms with Gasteiger partial charge in [-0.1, -0.05) is 12.1 Å². The van der Waals surface area contributed by atoms with Gasteiger partial charge in [0.2, 0.25) is 0 Å². The number of rotatable bonds is 2. The second-order valence-corrected chi connectivity index (χ2v) is 3.41. The number of methoxy groups -OCH3 is 1. The Morgan fingerprint density at radius 3 is 2.67 bits per heavy atom. The number of nitrogens with zero attached hydrogens (tertiary/aromatic N) is 2. The van der Waals surface area contributed by atoms with Crippen LogP contribution in [0.5, 0.6) is 0 Å². The number of aromatic nitrogens is 2. The minimum Gasteiger partial charge on any atom is -0.464 e. The average Bonchev–Trinajstić information content (AvgIpc) is 2.39. The molecule has 0 aliphatic rings. The van der Waals surface area contributed by atoms with Gasteiger partial charge in [-0.05, 0) is 18.2 Å². The predicted octanol–water partition coefficient (Wildman–Crippen LogP) is 1.16. The van der Waals surface area contributed by atoms with Crippen LogP contribution in [0.4, 0.5) is 4.39 Å². The van der Waals surface area contributed by atoms with Crippen LogP contribution in [-0.4, -0.2) is 22.9 Å². The summed E-state index contributed by atoms with van der Waals surface area (Å²) in [6.07, 6.45) is 0. The van der Waals surface area contributed by atoms with Gasteiger partial charge >= 0.3 is 5.97 Å². The van der Waals surface area contributed by atoms with Crippen molar-refractivity contribution in [3.63, 3.8) is 0 Å². The normalized spacial score (nSPS) is 10.1. The fourth-order valence-electron chi connectivity index (χ4n) is 1.42. The molecule has 0 saturated heterocycles. The molecule has 2 rings (SSSR count). The minimum atomic E-state index is -0.694. The average molecular weight is 248 g/mol. The monoisotopic (exact) mass is 248 g/mol. The van der Waals surface area contributed by atoms with Crippen molar-refractivity contribution in [2.75, 3.05) is 7.11 Å². The van der Waals surface area contributed by atoms with Gasteiger partial charge in [0.25, 0.3) is 5.56 Å². The van der Waals surface area contributed by atoms with E-state index in [4.69, 9.17) is 0 Å². The van der Waals surface area contributed by atoms with Gasteiger partial charge in [0, 0.05) is 6.07 Å². The van der Waals surface area contributed by atoms with Crippen LogP contribution in [0.15, 0.2) is 41.2 Å². The van der Waals surface area contributed by atoms with Gasteiger partial charge in [-0.15, -0.1) is 0 Å². The van der Waals surface area contributed by atoms with E-state index in [1.54, 1.807) is 6.07 Å². The van der Waals surface area contributed by atoms with E-state index in [-0.39, 0.29) is 11.4 Å². The first kappa shape index (κ1) is 12.0. The molecule has 1 heterocycles. The van der Waals surface area contributed by atoms with E-state index in [0.29, 0.717) is 0 Å². The lowest BCUT2D eigenvalue weighted by Crippen LogP contribution is -2.23. The van der Waals surface area contributed by atoms with Crippen LogP contribution in [0.3, 0.4) is 0 Å². The zero-order chi connectivity index (χ0) is 13.1. The molecule has 1 aromatic carbocycles. The maximum Gasteiger partial charge on any atom is 0.358 e. The standard InChI is InChI=1S/C12H9FN2O3/c1-18-12(17)9-6-7-11(16)15(14-9)10-5-3-2-4-8(10)13/h2-7H,1H3. The van der Waals surface area contributed by atoms with Crippen LogP contribution in [0.2, 0.25) is 0 Å². The quantitative estimate of drug-likeness (QED) is 0.748. The number of carbonyl (C=O) groups is 1. The van der Waals surface area contributed by atoms with E-state index >= 15 is 0 Å². The second kappa shape index (κ2) is 4.79. The Labute approximate surface area is 101 Å². The van der Waals surface area contributed by atoms with Crippen molar-refractivity contribution in [3.8, 4) is 5.69 Å². The molecule has 0 unspecified atom stereocenters. The summed E-state index contributed by atoms with van der Waals surface area (Å²) in [5, 5.41) is 3.76. The predicted molar refractivity (Wildman–Crippen MR) is 61.1 cm³/mol. The maximum absolute atomic E-state index is 13.6. The van der Waals surface area contributed by atoms with Crippen LogP contribution in [0.25, 0.3) is 5.69 Å². The first-order valence-corrected chi connectivity index (χ1v) is 5.07. The topological polar surface area (TPSA) is 61.2 Å². The number of para-hydroxylation sites is 1. The van der Waals surface area contributed by atoms with Crippen molar-refractivity contribution >= 4 is 5.97 Å². The molecule has 0 atom stereocenters. The van der Waals surface area contributed by atoms with Crippen LogP contribution < -0.4 is 5.56 Å². The Hall–Kier alpha value is -2.50. The summed E-state index contributed by atoms with van der Waals surface area (Å²) in [7, 11) is 1.20. The summed E-state index contributed by atoms with van der Waals surface area (Å²) in [5.41, 5.74) is -0.624. The number of ether oxygens (including phenoxy) is 1. The van der Waals surface area contributed by atoms with E-state index in [2.05, 4.69) is 9.84 Å². The molecule has 0 bridgehead atoms. The summed E-state index contributed by atoms with van der Waals surface area (Å²) in [6, 6.07) is 8.02. The molecule has 1 aromatic heterocycles. The molecule has 18 heavy (non-hydrogen) atoms. The van der Waals surface area contributed by atoms with Crippen molar-refractivity contribution in [3.05, 3.63) is 58.3 Å². The van der Waals surface area contributed by atoms with Crippen molar-refractivity contribution in [1.82, 2.24) is 9.78 Å². The smallest absolute Gasteiger partial charge is 0.358 e. The molecule has 0 N–H and O–H groups in total. The third-order valence-electron chi connectivity index (χ3n) is 2.28. The Morgan fingerprint density at radius 1 is 1.28 bits per heavy atom. The summed E-state index contributed by atoms with van der Waals surface area (Å²) in [4.78, 5) is 22.9.